The number of hydrogen-bond acceptors (Lipinski definition) is 10. The Morgan fingerprint density at radius 3 is 2.52 bits per heavy atom. The number of ether oxygens (including phenoxy) is 1. The Hall–Kier alpha value is -4.02. The first-order valence-corrected chi connectivity index (χ1v) is 17.7. The fourth-order valence-electron chi connectivity index (χ4n) is 5.39. The first-order valence-electron chi connectivity index (χ1n) is 14.3. The van der Waals surface area contributed by atoms with Crippen LogP contribution in [0.25, 0.3) is 11.1 Å². The highest BCUT2D eigenvalue weighted by Crippen LogP contribution is 2.46. The molecule has 0 saturated carbocycles. The molecule has 1 saturated heterocycles. The van der Waals surface area contributed by atoms with Crippen LogP contribution in [-0.2, 0) is 11.6 Å². The molecule has 230 valence electrons. The Morgan fingerprint density at radius 2 is 1.89 bits per heavy atom. The van der Waals surface area contributed by atoms with Gasteiger partial charge in [-0.15, -0.1) is 0 Å². The van der Waals surface area contributed by atoms with E-state index in [1.165, 1.54) is 6.42 Å². The molecule has 0 unspecified atom stereocenters. The predicted octanol–water partition coefficient (Wildman–Crippen LogP) is 7.43. The summed E-state index contributed by atoms with van der Waals surface area (Å²) in [6.45, 7) is 10.9. The molecule has 44 heavy (non-hydrogen) atoms. The molecule has 2 aromatic carbocycles. The maximum Gasteiger partial charge on any atom is 0.229 e. The fraction of sp³-hybridized carbons (Fsp3) is 0.323. The van der Waals surface area contributed by atoms with Crippen LogP contribution in [0.4, 0.5) is 40.2 Å². The second-order valence-corrected chi connectivity index (χ2v) is 14.9. The van der Waals surface area contributed by atoms with E-state index in [-0.39, 0.29) is 0 Å². The normalized spacial score (nSPS) is 13.7. The molecule has 2 aromatic heterocycles. The van der Waals surface area contributed by atoms with Gasteiger partial charge in [-0.1, -0.05) is 0 Å². The monoisotopic (exact) mass is 677 g/mol. The minimum Gasteiger partial charge on any atom is -0.494 e. The standard InChI is InChI=1S/C31H37BrN9O2P/c1-7-34-28-23(33-2)11-12-24(29(28)44(5,6)42)37-30-22(32)18-35-31(39-30)38-25-15-21(20-17-36-40(3)19-20)26(16-27(25)43-4)41-13-9-8-10-14-41/h7,11-12,15-19H,2,8-10,13-14H2,1,3-6H3,(H2,35,37,38,39)/b34-7-. The lowest BCUT2D eigenvalue weighted by Gasteiger charge is -2.31. The molecule has 11 nitrogen and oxygen atoms in total. The van der Waals surface area contributed by atoms with Crippen LogP contribution in [0.2, 0.25) is 0 Å². The number of aromatic nitrogens is 4. The predicted molar refractivity (Wildman–Crippen MR) is 186 cm³/mol. The number of methoxy groups -OCH3 is 1. The van der Waals surface area contributed by atoms with Crippen molar-refractivity contribution in [3.8, 4) is 16.9 Å². The van der Waals surface area contributed by atoms with E-state index in [2.05, 4.69) is 70.4 Å². The van der Waals surface area contributed by atoms with Gasteiger partial charge in [-0.05, 0) is 80.4 Å². The Labute approximate surface area is 266 Å². The van der Waals surface area contributed by atoms with Crippen molar-refractivity contribution in [3.63, 3.8) is 0 Å². The summed E-state index contributed by atoms with van der Waals surface area (Å²) in [6.07, 6.45) is 10.8. The number of aryl methyl sites for hydroxylation is 1. The van der Waals surface area contributed by atoms with Gasteiger partial charge in [-0.25, -0.2) is 4.98 Å². The van der Waals surface area contributed by atoms with Crippen LogP contribution in [0.1, 0.15) is 26.2 Å². The number of halogens is 1. The molecular weight excluding hydrogens is 641 g/mol. The summed E-state index contributed by atoms with van der Waals surface area (Å²) < 4.78 is 21.8. The smallest absolute Gasteiger partial charge is 0.229 e. The van der Waals surface area contributed by atoms with E-state index >= 15 is 0 Å². The lowest BCUT2D eigenvalue weighted by Crippen LogP contribution is -2.29. The largest absolute Gasteiger partial charge is 0.494 e. The zero-order valence-corrected chi connectivity index (χ0v) is 28.1. The third-order valence-electron chi connectivity index (χ3n) is 7.37. The third-order valence-corrected chi connectivity index (χ3v) is 9.48. The van der Waals surface area contributed by atoms with Crippen LogP contribution < -0.4 is 25.6 Å². The molecule has 0 aliphatic carbocycles. The quantitative estimate of drug-likeness (QED) is 0.131. The molecule has 0 amide bonds. The van der Waals surface area contributed by atoms with Crippen molar-refractivity contribution in [1.29, 1.82) is 0 Å². The lowest BCUT2D eigenvalue weighted by molar-refractivity contribution is 0.416. The molecule has 0 spiro atoms. The molecule has 1 aliphatic heterocycles. The molecule has 0 radical (unpaired) electrons. The van der Waals surface area contributed by atoms with Crippen molar-refractivity contribution in [3.05, 3.63) is 47.3 Å². The Morgan fingerprint density at radius 1 is 1.11 bits per heavy atom. The molecule has 13 heteroatoms. The molecule has 0 atom stereocenters. The maximum absolute atomic E-state index is 13.5. The van der Waals surface area contributed by atoms with Crippen LogP contribution in [0.15, 0.2) is 57.3 Å². The minimum absolute atomic E-state index is 0.353. The van der Waals surface area contributed by atoms with Crippen molar-refractivity contribution < 1.29 is 9.30 Å². The van der Waals surface area contributed by atoms with Gasteiger partial charge in [-0.3, -0.25) is 14.7 Å². The Bertz CT molecular complexity index is 1760. The first-order chi connectivity index (χ1) is 21.1. The topological polar surface area (TPSA) is 122 Å². The van der Waals surface area contributed by atoms with E-state index in [0.717, 1.165) is 42.7 Å². The van der Waals surface area contributed by atoms with Gasteiger partial charge in [-0.2, -0.15) is 10.1 Å². The molecule has 2 N–H and O–H groups in total. The molecule has 3 heterocycles. The van der Waals surface area contributed by atoms with Crippen molar-refractivity contribution in [1.82, 2.24) is 19.7 Å². The zero-order valence-electron chi connectivity index (χ0n) is 25.6. The summed E-state index contributed by atoms with van der Waals surface area (Å²) in [4.78, 5) is 20.3. The molecule has 5 rings (SSSR count). The highest BCUT2D eigenvalue weighted by Gasteiger charge is 2.25. The number of nitrogens with one attached hydrogen (secondary N) is 2. The summed E-state index contributed by atoms with van der Waals surface area (Å²) in [5, 5.41) is 11.7. The van der Waals surface area contributed by atoms with Gasteiger partial charge in [0.05, 0.1) is 40.1 Å². The van der Waals surface area contributed by atoms with Crippen molar-refractivity contribution in [2.75, 3.05) is 49.1 Å². The third kappa shape index (κ3) is 6.71. The van der Waals surface area contributed by atoms with E-state index < -0.39 is 7.14 Å². The number of rotatable bonds is 10. The molecular formula is C31H37BrN9O2P. The van der Waals surface area contributed by atoms with E-state index in [4.69, 9.17) is 9.72 Å². The molecule has 4 aromatic rings. The van der Waals surface area contributed by atoms with Crippen molar-refractivity contribution in [2.45, 2.75) is 26.2 Å². The first kappa shape index (κ1) is 31.4. The number of anilines is 5. The van der Waals surface area contributed by atoms with Crippen LogP contribution >= 0.6 is 23.1 Å². The van der Waals surface area contributed by atoms with Gasteiger partial charge in [0.2, 0.25) is 5.95 Å². The SMILES string of the molecule is C=Nc1ccc(Nc2nc(Nc3cc(-c4cnn(C)c4)c(N4CCCCC4)cc3OC)ncc2Br)c(P(C)(C)=O)c1/N=C\C. The summed E-state index contributed by atoms with van der Waals surface area (Å²) in [6, 6.07) is 7.75. The number of aliphatic imine (C=N–C) groups is 2. The fourth-order valence-corrected chi connectivity index (χ4v) is 7.07. The van der Waals surface area contributed by atoms with Crippen LogP contribution in [0, 0.1) is 0 Å². The average Bonchev–Trinajstić information content (AvgIpc) is 3.44. The Balaban J connectivity index is 1.55. The summed E-state index contributed by atoms with van der Waals surface area (Å²) >= 11 is 3.57. The molecule has 1 aliphatic rings. The van der Waals surface area contributed by atoms with E-state index in [9.17, 15) is 4.57 Å². The summed E-state index contributed by atoms with van der Waals surface area (Å²) in [5.74, 6) is 1.51. The van der Waals surface area contributed by atoms with Gasteiger partial charge in [0.1, 0.15) is 24.4 Å². The van der Waals surface area contributed by atoms with Gasteiger partial charge < -0.3 is 24.8 Å². The van der Waals surface area contributed by atoms with Crippen LogP contribution in [0.3, 0.4) is 0 Å². The van der Waals surface area contributed by atoms with Crippen molar-refractivity contribution >= 4 is 81.5 Å². The van der Waals surface area contributed by atoms with Crippen LogP contribution in [0.5, 0.6) is 5.75 Å². The average molecular weight is 679 g/mol. The number of benzene rings is 2. The van der Waals surface area contributed by atoms with Gasteiger partial charge in [0, 0.05) is 61.6 Å². The van der Waals surface area contributed by atoms with E-state index in [0.29, 0.717) is 50.0 Å². The van der Waals surface area contributed by atoms with E-state index in [1.54, 1.807) is 50.5 Å². The highest BCUT2D eigenvalue weighted by atomic mass is 79.9. The van der Waals surface area contributed by atoms with Crippen LogP contribution in [-0.4, -0.2) is 66.2 Å². The molecule has 0 bridgehead atoms. The number of nitrogens with zero attached hydrogens (tertiary/aromatic N) is 7. The second kappa shape index (κ2) is 13.3. The number of piperidine rings is 1. The molecule has 1 fully saturated rings. The number of hydrogen-bond donors (Lipinski definition) is 2. The zero-order chi connectivity index (χ0) is 31.4. The minimum atomic E-state index is -2.81. The lowest BCUT2D eigenvalue weighted by atomic mass is 10.0. The maximum atomic E-state index is 13.5. The highest BCUT2D eigenvalue weighted by molar-refractivity contribution is 9.10. The van der Waals surface area contributed by atoms with Crippen molar-refractivity contribution in [2.24, 2.45) is 17.0 Å². The summed E-state index contributed by atoms with van der Waals surface area (Å²) in [5.41, 5.74) is 5.57. The van der Waals surface area contributed by atoms with Gasteiger partial charge in [0.25, 0.3) is 0 Å². The second-order valence-electron chi connectivity index (χ2n) is 10.9. The Kier molecular flexibility index (Phi) is 9.51. The van der Waals surface area contributed by atoms with E-state index in [1.807, 2.05) is 25.5 Å². The van der Waals surface area contributed by atoms with Gasteiger partial charge in [0.15, 0.2) is 0 Å². The van der Waals surface area contributed by atoms with Gasteiger partial charge >= 0.3 is 0 Å². The summed E-state index contributed by atoms with van der Waals surface area (Å²) in [7, 11) is 0.766.